The molecule has 0 bridgehead atoms. The quantitative estimate of drug-likeness (QED) is 0.724. The molecule has 0 unspecified atom stereocenters. The van der Waals surface area contributed by atoms with Crippen LogP contribution in [0.1, 0.15) is 19.8 Å². The number of carbonyl (C=O) groups is 2. The predicted molar refractivity (Wildman–Crippen MR) is 95.2 cm³/mol. The summed E-state index contributed by atoms with van der Waals surface area (Å²) in [4.78, 5) is 27.4. The average molecular weight is 364 g/mol. The highest BCUT2D eigenvalue weighted by molar-refractivity contribution is 7.14. The molecule has 0 spiro atoms. The second-order valence-corrected chi connectivity index (χ2v) is 5.92. The van der Waals surface area contributed by atoms with Gasteiger partial charge in [-0.1, -0.05) is 6.92 Å². The molecule has 7 nitrogen and oxygen atoms in total. The second kappa shape index (κ2) is 9.03. The van der Waals surface area contributed by atoms with Crippen molar-refractivity contribution in [3.05, 3.63) is 23.6 Å². The lowest BCUT2D eigenvalue weighted by Gasteiger charge is -2.08. The molecule has 1 aromatic carbocycles. The SMILES string of the molecule is CCCC(=O)OCC(=O)Nc1nc(-c2ccc(OC)c(OC)c2)cs1. The summed E-state index contributed by atoms with van der Waals surface area (Å²) in [5, 5.41) is 4.87. The summed E-state index contributed by atoms with van der Waals surface area (Å²) >= 11 is 1.29. The molecular weight excluding hydrogens is 344 g/mol. The van der Waals surface area contributed by atoms with Gasteiger partial charge in [-0.15, -0.1) is 11.3 Å². The van der Waals surface area contributed by atoms with Crippen LogP contribution in [-0.2, 0) is 14.3 Å². The van der Waals surface area contributed by atoms with Crippen molar-refractivity contribution < 1.29 is 23.8 Å². The van der Waals surface area contributed by atoms with Crippen LogP contribution >= 0.6 is 11.3 Å². The van der Waals surface area contributed by atoms with Crippen LogP contribution in [0, 0.1) is 0 Å². The van der Waals surface area contributed by atoms with Gasteiger partial charge in [-0.2, -0.15) is 0 Å². The van der Waals surface area contributed by atoms with Crippen LogP contribution in [0.4, 0.5) is 5.13 Å². The number of thiazole rings is 1. The van der Waals surface area contributed by atoms with Crippen molar-refractivity contribution >= 4 is 28.3 Å². The minimum atomic E-state index is -0.419. The van der Waals surface area contributed by atoms with Crippen molar-refractivity contribution in [2.75, 3.05) is 26.1 Å². The van der Waals surface area contributed by atoms with E-state index in [4.69, 9.17) is 14.2 Å². The Kier molecular flexibility index (Phi) is 6.76. The van der Waals surface area contributed by atoms with Crippen molar-refractivity contribution in [3.8, 4) is 22.8 Å². The Morgan fingerprint density at radius 2 is 1.96 bits per heavy atom. The van der Waals surface area contributed by atoms with E-state index in [-0.39, 0.29) is 12.6 Å². The number of amides is 1. The number of ether oxygens (including phenoxy) is 3. The smallest absolute Gasteiger partial charge is 0.306 e. The Morgan fingerprint density at radius 1 is 1.20 bits per heavy atom. The largest absolute Gasteiger partial charge is 0.493 e. The molecule has 2 aromatic rings. The molecule has 0 aliphatic heterocycles. The number of hydrogen-bond donors (Lipinski definition) is 1. The molecule has 0 atom stereocenters. The molecule has 0 aliphatic rings. The summed E-state index contributed by atoms with van der Waals surface area (Å²) in [6, 6.07) is 5.46. The third kappa shape index (κ3) is 5.18. The first-order valence-electron chi connectivity index (χ1n) is 7.70. The van der Waals surface area contributed by atoms with Crippen molar-refractivity contribution in [1.82, 2.24) is 4.98 Å². The standard InChI is InChI=1S/C17H20N2O5S/c1-4-5-16(21)24-9-15(20)19-17-18-12(10-25-17)11-6-7-13(22-2)14(8-11)23-3/h6-8,10H,4-5,9H2,1-3H3,(H,18,19,20). The van der Waals surface area contributed by atoms with E-state index in [2.05, 4.69) is 10.3 Å². The summed E-state index contributed by atoms with van der Waals surface area (Å²) in [5.41, 5.74) is 1.54. The summed E-state index contributed by atoms with van der Waals surface area (Å²) in [7, 11) is 3.13. The van der Waals surface area contributed by atoms with Crippen LogP contribution in [0.3, 0.4) is 0 Å². The van der Waals surface area contributed by atoms with Crippen LogP contribution < -0.4 is 14.8 Å². The topological polar surface area (TPSA) is 86.8 Å². The molecule has 1 aromatic heterocycles. The fourth-order valence-corrected chi connectivity index (χ4v) is 2.77. The number of carbonyl (C=O) groups excluding carboxylic acids is 2. The van der Waals surface area contributed by atoms with Crippen molar-refractivity contribution in [3.63, 3.8) is 0 Å². The number of anilines is 1. The predicted octanol–water partition coefficient (Wildman–Crippen LogP) is 3.11. The maximum Gasteiger partial charge on any atom is 0.306 e. The molecular formula is C17H20N2O5S. The van der Waals surface area contributed by atoms with E-state index in [0.29, 0.717) is 35.2 Å². The van der Waals surface area contributed by atoms with Crippen molar-refractivity contribution in [1.29, 1.82) is 0 Å². The maximum absolute atomic E-state index is 11.8. The molecule has 0 aliphatic carbocycles. The normalized spacial score (nSPS) is 10.2. The second-order valence-electron chi connectivity index (χ2n) is 5.07. The molecule has 1 N–H and O–H groups in total. The number of benzene rings is 1. The molecule has 1 heterocycles. The molecule has 0 saturated carbocycles. The van der Waals surface area contributed by atoms with Gasteiger partial charge in [0.25, 0.3) is 5.91 Å². The fraction of sp³-hybridized carbons (Fsp3) is 0.353. The van der Waals surface area contributed by atoms with Crippen molar-refractivity contribution in [2.24, 2.45) is 0 Å². The first-order chi connectivity index (χ1) is 12.1. The lowest BCUT2D eigenvalue weighted by Crippen LogP contribution is -2.20. The molecule has 1 amide bonds. The average Bonchev–Trinajstić information content (AvgIpc) is 3.08. The van der Waals surface area contributed by atoms with Crippen molar-refractivity contribution in [2.45, 2.75) is 19.8 Å². The molecule has 2 rings (SSSR count). The van der Waals surface area contributed by atoms with Gasteiger partial charge in [0.05, 0.1) is 19.9 Å². The monoisotopic (exact) mass is 364 g/mol. The highest BCUT2D eigenvalue weighted by Gasteiger charge is 2.12. The first-order valence-corrected chi connectivity index (χ1v) is 8.58. The Hall–Kier alpha value is -2.61. The van der Waals surface area contributed by atoms with Gasteiger partial charge in [-0.25, -0.2) is 4.98 Å². The minimum Gasteiger partial charge on any atom is -0.493 e. The van der Waals surface area contributed by atoms with Crippen LogP contribution in [0.15, 0.2) is 23.6 Å². The molecule has 134 valence electrons. The summed E-state index contributed by atoms with van der Waals surface area (Å²) in [6.07, 6.45) is 0.982. The number of aromatic nitrogens is 1. The van der Waals surface area contributed by atoms with Crippen LogP contribution in [-0.4, -0.2) is 37.7 Å². The summed E-state index contributed by atoms with van der Waals surface area (Å²) in [5.74, 6) is 0.422. The highest BCUT2D eigenvalue weighted by Crippen LogP contribution is 2.33. The van der Waals surface area contributed by atoms with Gasteiger partial charge < -0.3 is 14.2 Å². The Labute approximate surface area is 149 Å². The van der Waals surface area contributed by atoms with Crippen LogP contribution in [0.5, 0.6) is 11.5 Å². The molecule has 25 heavy (non-hydrogen) atoms. The van der Waals surface area contributed by atoms with E-state index in [1.165, 1.54) is 11.3 Å². The van der Waals surface area contributed by atoms with Gasteiger partial charge >= 0.3 is 5.97 Å². The fourth-order valence-electron chi connectivity index (χ4n) is 2.04. The summed E-state index contributed by atoms with van der Waals surface area (Å²) in [6.45, 7) is 1.55. The molecule has 0 fully saturated rings. The van der Waals surface area contributed by atoms with E-state index in [0.717, 1.165) is 5.56 Å². The molecule has 0 radical (unpaired) electrons. The zero-order valence-electron chi connectivity index (χ0n) is 14.3. The third-order valence-corrected chi connectivity index (χ3v) is 4.01. The maximum atomic E-state index is 11.8. The van der Waals surface area contributed by atoms with Gasteiger partial charge in [0, 0.05) is 17.4 Å². The van der Waals surface area contributed by atoms with Crippen LogP contribution in [0.2, 0.25) is 0 Å². The summed E-state index contributed by atoms with van der Waals surface area (Å²) < 4.78 is 15.3. The van der Waals surface area contributed by atoms with E-state index in [1.807, 2.05) is 24.4 Å². The number of methoxy groups -OCH3 is 2. The zero-order chi connectivity index (χ0) is 18.2. The number of nitrogens with one attached hydrogen (secondary N) is 1. The third-order valence-electron chi connectivity index (χ3n) is 3.25. The lowest BCUT2D eigenvalue weighted by atomic mass is 10.1. The molecule has 0 saturated heterocycles. The van der Waals surface area contributed by atoms with Gasteiger partial charge in [0.2, 0.25) is 0 Å². The van der Waals surface area contributed by atoms with Gasteiger partial charge in [0.15, 0.2) is 23.2 Å². The highest BCUT2D eigenvalue weighted by atomic mass is 32.1. The Balaban J connectivity index is 2.00. The first kappa shape index (κ1) is 18.7. The Bertz CT molecular complexity index is 744. The number of nitrogens with zero attached hydrogens (tertiary/aromatic N) is 1. The number of rotatable bonds is 8. The number of hydrogen-bond acceptors (Lipinski definition) is 7. The van der Waals surface area contributed by atoms with E-state index < -0.39 is 5.91 Å². The van der Waals surface area contributed by atoms with Crippen LogP contribution in [0.25, 0.3) is 11.3 Å². The lowest BCUT2D eigenvalue weighted by molar-refractivity contribution is -0.147. The zero-order valence-corrected chi connectivity index (χ0v) is 15.1. The van der Waals surface area contributed by atoms with E-state index >= 15 is 0 Å². The number of esters is 1. The van der Waals surface area contributed by atoms with Gasteiger partial charge in [-0.3, -0.25) is 14.9 Å². The molecule has 8 heteroatoms. The van der Waals surface area contributed by atoms with E-state index in [1.54, 1.807) is 20.3 Å². The Morgan fingerprint density at radius 3 is 2.64 bits per heavy atom. The van der Waals surface area contributed by atoms with Gasteiger partial charge in [0.1, 0.15) is 0 Å². The minimum absolute atomic E-state index is 0.300. The van der Waals surface area contributed by atoms with Gasteiger partial charge in [-0.05, 0) is 24.6 Å². The van der Waals surface area contributed by atoms with E-state index in [9.17, 15) is 9.59 Å².